The van der Waals surface area contributed by atoms with Crippen molar-refractivity contribution >= 4 is 17.8 Å². The third-order valence-corrected chi connectivity index (χ3v) is 4.09. The molecular weight excluding hydrogens is 306 g/mol. The van der Waals surface area contributed by atoms with E-state index in [9.17, 15) is 14.4 Å². The first kappa shape index (κ1) is 15.9. The van der Waals surface area contributed by atoms with Gasteiger partial charge in [0.2, 0.25) is 0 Å². The van der Waals surface area contributed by atoms with E-state index in [4.69, 9.17) is 4.74 Å². The highest BCUT2D eigenvalue weighted by atomic mass is 16.5. The van der Waals surface area contributed by atoms with Gasteiger partial charge < -0.3 is 4.74 Å². The Morgan fingerprint density at radius 2 is 1.67 bits per heavy atom. The quantitative estimate of drug-likeness (QED) is 0.640. The van der Waals surface area contributed by atoms with E-state index < -0.39 is 12.0 Å². The molecule has 5 nitrogen and oxygen atoms in total. The second kappa shape index (κ2) is 6.28. The Morgan fingerprint density at radius 1 is 1.04 bits per heavy atom. The normalized spacial score (nSPS) is 14.5. The number of carbonyl (C=O) groups excluding carboxylic acids is 3. The van der Waals surface area contributed by atoms with Crippen molar-refractivity contribution in [3.63, 3.8) is 0 Å². The fraction of sp³-hybridized carbons (Fsp3) is 0.211. The molecule has 2 aromatic rings. The minimum Gasteiger partial charge on any atom is -0.462 e. The summed E-state index contributed by atoms with van der Waals surface area (Å²) >= 11 is 0. The number of nitrogens with zero attached hydrogens (tertiary/aromatic N) is 1. The van der Waals surface area contributed by atoms with Crippen LogP contribution in [0.5, 0.6) is 0 Å². The number of imide groups is 1. The molecule has 1 heterocycles. The minimum atomic E-state index is -0.480. The summed E-state index contributed by atoms with van der Waals surface area (Å²) in [6, 6.07) is 13.1. The van der Waals surface area contributed by atoms with Crippen molar-refractivity contribution in [1.29, 1.82) is 0 Å². The largest absolute Gasteiger partial charge is 0.462 e. The van der Waals surface area contributed by atoms with Crippen molar-refractivity contribution in [2.45, 2.75) is 19.9 Å². The van der Waals surface area contributed by atoms with Crippen molar-refractivity contribution < 1.29 is 19.1 Å². The molecule has 0 spiro atoms. The van der Waals surface area contributed by atoms with E-state index >= 15 is 0 Å². The van der Waals surface area contributed by atoms with Crippen LogP contribution in [0.3, 0.4) is 0 Å². The third kappa shape index (κ3) is 2.58. The maximum absolute atomic E-state index is 12.6. The first-order chi connectivity index (χ1) is 11.5. The molecule has 0 saturated heterocycles. The number of ether oxygens (including phenoxy) is 1. The third-order valence-electron chi connectivity index (χ3n) is 4.09. The zero-order valence-electron chi connectivity index (χ0n) is 13.5. The van der Waals surface area contributed by atoms with Gasteiger partial charge in [-0.1, -0.05) is 24.3 Å². The van der Waals surface area contributed by atoms with E-state index in [1.807, 2.05) is 0 Å². The van der Waals surface area contributed by atoms with Gasteiger partial charge in [0.1, 0.15) is 0 Å². The van der Waals surface area contributed by atoms with Gasteiger partial charge in [0, 0.05) is 0 Å². The highest BCUT2D eigenvalue weighted by Gasteiger charge is 2.38. The molecule has 122 valence electrons. The Kier molecular flexibility index (Phi) is 4.16. The average Bonchev–Trinajstić information content (AvgIpc) is 2.86. The minimum absolute atomic E-state index is 0.289. The van der Waals surface area contributed by atoms with Gasteiger partial charge in [-0.25, -0.2) is 4.79 Å². The topological polar surface area (TPSA) is 63.7 Å². The Labute approximate surface area is 139 Å². The SMILES string of the molecule is CCOC(=O)c1cccc(C(C)N2C(=O)c3ccccc3C2=O)c1. The standard InChI is InChI=1S/C19H17NO4/c1-3-24-19(23)14-8-6-7-13(11-14)12(2)20-17(21)15-9-4-5-10-16(15)18(20)22/h4-12H,3H2,1-2H3. The van der Waals surface area contributed by atoms with E-state index in [0.29, 0.717) is 22.3 Å². The van der Waals surface area contributed by atoms with Crippen molar-refractivity contribution in [2.75, 3.05) is 6.61 Å². The molecule has 0 N–H and O–H groups in total. The van der Waals surface area contributed by atoms with Gasteiger partial charge in [-0.2, -0.15) is 0 Å². The van der Waals surface area contributed by atoms with Crippen molar-refractivity contribution in [3.05, 3.63) is 70.8 Å². The molecule has 2 amide bonds. The number of fused-ring (bicyclic) bond motifs is 1. The van der Waals surface area contributed by atoms with Crippen LogP contribution in [0, 0.1) is 0 Å². The highest BCUT2D eigenvalue weighted by Crippen LogP contribution is 2.31. The summed E-state index contributed by atoms with van der Waals surface area (Å²) < 4.78 is 4.99. The second-order valence-electron chi connectivity index (χ2n) is 5.55. The molecule has 0 aromatic heterocycles. The summed E-state index contributed by atoms with van der Waals surface area (Å²) in [6.45, 7) is 3.80. The second-order valence-corrected chi connectivity index (χ2v) is 5.55. The van der Waals surface area contributed by atoms with Crippen molar-refractivity contribution in [3.8, 4) is 0 Å². The molecule has 0 bridgehead atoms. The number of hydrogen-bond acceptors (Lipinski definition) is 4. The van der Waals surface area contributed by atoms with Gasteiger partial charge in [-0.3, -0.25) is 14.5 Å². The molecular formula is C19H17NO4. The van der Waals surface area contributed by atoms with Gasteiger partial charge in [0.25, 0.3) is 11.8 Å². The van der Waals surface area contributed by atoms with Crippen molar-refractivity contribution in [1.82, 2.24) is 4.90 Å². The summed E-state index contributed by atoms with van der Waals surface area (Å²) in [6.07, 6.45) is 0. The summed E-state index contributed by atoms with van der Waals surface area (Å²) in [5.41, 5.74) is 1.93. The average molecular weight is 323 g/mol. The molecule has 0 radical (unpaired) electrons. The van der Waals surface area contributed by atoms with Crippen LogP contribution in [0.15, 0.2) is 48.5 Å². The van der Waals surface area contributed by atoms with Gasteiger partial charge in [-0.05, 0) is 43.7 Å². The summed E-state index contributed by atoms with van der Waals surface area (Å²) in [7, 11) is 0. The maximum Gasteiger partial charge on any atom is 0.338 e. The molecule has 1 aliphatic heterocycles. The first-order valence-electron chi connectivity index (χ1n) is 7.78. The van der Waals surface area contributed by atoms with Crippen molar-refractivity contribution in [2.24, 2.45) is 0 Å². The molecule has 1 atom stereocenters. The number of amides is 2. The van der Waals surface area contributed by atoms with Gasteiger partial charge in [-0.15, -0.1) is 0 Å². The smallest absolute Gasteiger partial charge is 0.338 e. The maximum atomic E-state index is 12.6. The summed E-state index contributed by atoms with van der Waals surface area (Å²) in [5.74, 6) is -1.05. The van der Waals surface area contributed by atoms with Crippen LogP contribution in [0.4, 0.5) is 0 Å². The van der Waals surface area contributed by atoms with E-state index in [1.54, 1.807) is 62.4 Å². The van der Waals surface area contributed by atoms with Crippen LogP contribution < -0.4 is 0 Å². The fourth-order valence-electron chi connectivity index (χ4n) is 2.85. The molecule has 1 aliphatic rings. The predicted molar refractivity (Wildman–Crippen MR) is 87.8 cm³/mol. The lowest BCUT2D eigenvalue weighted by Gasteiger charge is -2.23. The molecule has 1 unspecified atom stereocenters. The van der Waals surface area contributed by atoms with E-state index in [0.717, 1.165) is 0 Å². The van der Waals surface area contributed by atoms with E-state index in [2.05, 4.69) is 0 Å². The molecule has 0 aliphatic carbocycles. The van der Waals surface area contributed by atoms with Crippen LogP contribution in [-0.2, 0) is 4.74 Å². The Hall–Kier alpha value is -2.95. The number of rotatable bonds is 4. The lowest BCUT2D eigenvalue weighted by molar-refractivity contribution is 0.0525. The predicted octanol–water partition coefficient (Wildman–Crippen LogP) is 3.22. The van der Waals surface area contributed by atoms with Gasteiger partial charge >= 0.3 is 5.97 Å². The van der Waals surface area contributed by atoms with Crippen LogP contribution in [-0.4, -0.2) is 29.3 Å². The Morgan fingerprint density at radius 3 is 2.25 bits per heavy atom. The van der Waals surface area contributed by atoms with Crippen LogP contribution in [0.1, 0.15) is 56.5 Å². The lowest BCUT2D eigenvalue weighted by atomic mass is 10.0. The highest BCUT2D eigenvalue weighted by molar-refractivity contribution is 6.21. The van der Waals surface area contributed by atoms with Crippen LogP contribution >= 0.6 is 0 Å². The number of carbonyl (C=O) groups is 3. The lowest BCUT2D eigenvalue weighted by Crippen LogP contribution is -2.32. The zero-order chi connectivity index (χ0) is 17.3. The molecule has 0 saturated carbocycles. The molecule has 2 aromatic carbocycles. The van der Waals surface area contributed by atoms with Gasteiger partial charge in [0.15, 0.2) is 0 Å². The van der Waals surface area contributed by atoms with Gasteiger partial charge in [0.05, 0.1) is 29.3 Å². The van der Waals surface area contributed by atoms with E-state index in [1.165, 1.54) is 4.90 Å². The molecule has 0 fully saturated rings. The number of esters is 1. The van der Waals surface area contributed by atoms with E-state index in [-0.39, 0.29) is 18.4 Å². The van der Waals surface area contributed by atoms with Crippen LogP contribution in [0.25, 0.3) is 0 Å². The summed E-state index contributed by atoms with van der Waals surface area (Å²) in [5, 5.41) is 0. The molecule has 24 heavy (non-hydrogen) atoms. The summed E-state index contributed by atoms with van der Waals surface area (Å²) in [4.78, 5) is 38.2. The monoisotopic (exact) mass is 323 g/mol. The molecule has 3 rings (SSSR count). The zero-order valence-corrected chi connectivity index (χ0v) is 13.5. The Bertz CT molecular complexity index is 793. The van der Waals surface area contributed by atoms with Crippen LogP contribution in [0.2, 0.25) is 0 Å². The molecule has 5 heteroatoms. The number of benzene rings is 2. The first-order valence-corrected chi connectivity index (χ1v) is 7.78. The Balaban J connectivity index is 1.92. The number of hydrogen-bond donors (Lipinski definition) is 0. The fourth-order valence-corrected chi connectivity index (χ4v) is 2.85.